The third-order valence-electron chi connectivity index (χ3n) is 2.19. The quantitative estimate of drug-likeness (QED) is 0.745. The lowest BCUT2D eigenvalue weighted by molar-refractivity contribution is 0.109. The largest absolute Gasteiger partial charge is 0.385 e. The Bertz CT molecular complexity index is 354. The van der Waals surface area contributed by atoms with Gasteiger partial charge in [0.2, 0.25) is 0 Å². The van der Waals surface area contributed by atoms with E-state index in [1.54, 1.807) is 7.11 Å². The van der Waals surface area contributed by atoms with Crippen LogP contribution in [0.25, 0.3) is 0 Å². The topological polar surface area (TPSA) is 30.5 Å². The summed E-state index contributed by atoms with van der Waals surface area (Å²) < 4.78 is 37.3. The van der Waals surface area contributed by atoms with Crippen molar-refractivity contribution in [2.24, 2.45) is 0 Å². The standard InChI is InChI=1S/C12H16BrF2NO2/c1-17-4-2-5-18-6-3-16-12-10(14)7-9(13)8-11(12)15/h7-8,16H,2-6H2,1H3. The summed E-state index contributed by atoms with van der Waals surface area (Å²) >= 11 is 3.02. The van der Waals surface area contributed by atoms with Crippen molar-refractivity contribution in [1.29, 1.82) is 0 Å². The van der Waals surface area contributed by atoms with Gasteiger partial charge in [-0.1, -0.05) is 15.9 Å². The van der Waals surface area contributed by atoms with Crippen molar-refractivity contribution < 1.29 is 18.3 Å². The smallest absolute Gasteiger partial charge is 0.150 e. The van der Waals surface area contributed by atoms with Gasteiger partial charge >= 0.3 is 0 Å². The van der Waals surface area contributed by atoms with Gasteiger partial charge in [-0.25, -0.2) is 8.78 Å². The van der Waals surface area contributed by atoms with Crippen LogP contribution in [-0.2, 0) is 9.47 Å². The molecule has 1 N–H and O–H groups in total. The normalized spacial score (nSPS) is 10.7. The van der Waals surface area contributed by atoms with E-state index in [4.69, 9.17) is 9.47 Å². The fraction of sp³-hybridized carbons (Fsp3) is 0.500. The van der Waals surface area contributed by atoms with Crippen molar-refractivity contribution in [1.82, 2.24) is 0 Å². The van der Waals surface area contributed by atoms with Gasteiger partial charge in [0.25, 0.3) is 0 Å². The van der Waals surface area contributed by atoms with E-state index in [1.807, 2.05) is 0 Å². The molecule has 1 rings (SSSR count). The van der Waals surface area contributed by atoms with Gasteiger partial charge in [0, 0.05) is 31.3 Å². The Labute approximate surface area is 114 Å². The Hall–Kier alpha value is -0.720. The first-order valence-electron chi connectivity index (χ1n) is 5.60. The summed E-state index contributed by atoms with van der Waals surface area (Å²) in [6.45, 7) is 1.95. The van der Waals surface area contributed by atoms with Gasteiger partial charge in [-0.3, -0.25) is 0 Å². The molecular weight excluding hydrogens is 308 g/mol. The first kappa shape index (κ1) is 15.3. The van der Waals surface area contributed by atoms with Crippen LogP contribution in [0.15, 0.2) is 16.6 Å². The summed E-state index contributed by atoms with van der Waals surface area (Å²) in [5, 5.41) is 2.67. The zero-order chi connectivity index (χ0) is 13.4. The number of nitrogens with one attached hydrogen (secondary N) is 1. The van der Waals surface area contributed by atoms with E-state index in [2.05, 4.69) is 21.2 Å². The number of hydrogen-bond donors (Lipinski definition) is 1. The number of anilines is 1. The summed E-state index contributed by atoms with van der Waals surface area (Å²) in [7, 11) is 1.63. The predicted molar refractivity (Wildman–Crippen MR) is 69.9 cm³/mol. The van der Waals surface area contributed by atoms with Gasteiger partial charge in [0.15, 0.2) is 0 Å². The zero-order valence-corrected chi connectivity index (χ0v) is 11.7. The Morgan fingerprint density at radius 2 is 1.83 bits per heavy atom. The first-order chi connectivity index (χ1) is 8.65. The van der Waals surface area contributed by atoms with Crippen LogP contribution < -0.4 is 5.32 Å². The van der Waals surface area contributed by atoms with Gasteiger partial charge < -0.3 is 14.8 Å². The average Bonchev–Trinajstić information content (AvgIpc) is 2.30. The lowest BCUT2D eigenvalue weighted by Gasteiger charge is -2.09. The van der Waals surface area contributed by atoms with E-state index in [0.29, 0.717) is 30.8 Å². The van der Waals surface area contributed by atoms with E-state index in [-0.39, 0.29) is 5.69 Å². The molecule has 0 bridgehead atoms. The lowest BCUT2D eigenvalue weighted by Crippen LogP contribution is -2.12. The van der Waals surface area contributed by atoms with Gasteiger partial charge in [0.1, 0.15) is 17.3 Å². The second-order valence-corrected chi connectivity index (χ2v) is 4.55. The molecule has 0 fully saturated rings. The SMILES string of the molecule is COCCCOCCNc1c(F)cc(Br)cc1F. The summed E-state index contributed by atoms with van der Waals surface area (Å²) in [5.41, 5.74) is -0.126. The highest BCUT2D eigenvalue weighted by Crippen LogP contribution is 2.23. The van der Waals surface area contributed by atoms with E-state index < -0.39 is 11.6 Å². The van der Waals surface area contributed by atoms with Crippen molar-refractivity contribution in [3.8, 4) is 0 Å². The van der Waals surface area contributed by atoms with Gasteiger partial charge in [-0.05, 0) is 18.6 Å². The second kappa shape index (κ2) is 8.39. The van der Waals surface area contributed by atoms with Crippen LogP contribution >= 0.6 is 15.9 Å². The fourth-order valence-electron chi connectivity index (χ4n) is 1.37. The summed E-state index contributed by atoms with van der Waals surface area (Å²) in [6, 6.07) is 2.43. The lowest BCUT2D eigenvalue weighted by atomic mass is 10.3. The van der Waals surface area contributed by atoms with Crippen LogP contribution in [0.2, 0.25) is 0 Å². The molecule has 0 unspecified atom stereocenters. The molecule has 0 heterocycles. The second-order valence-electron chi connectivity index (χ2n) is 3.63. The van der Waals surface area contributed by atoms with Crippen molar-refractivity contribution >= 4 is 21.6 Å². The number of rotatable bonds is 8. The molecule has 0 aliphatic carbocycles. The summed E-state index contributed by atoms with van der Waals surface area (Å²) in [4.78, 5) is 0. The van der Waals surface area contributed by atoms with Crippen LogP contribution in [0.1, 0.15) is 6.42 Å². The molecule has 1 aromatic rings. The molecule has 0 radical (unpaired) electrons. The van der Waals surface area contributed by atoms with Crippen molar-refractivity contribution in [2.75, 3.05) is 38.8 Å². The van der Waals surface area contributed by atoms with E-state index in [0.717, 1.165) is 6.42 Å². The molecule has 0 spiro atoms. The average molecular weight is 324 g/mol. The molecule has 3 nitrogen and oxygen atoms in total. The van der Waals surface area contributed by atoms with Crippen molar-refractivity contribution in [2.45, 2.75) is 6.42 Å². The van der Waals surface area contributed by atoms with Crippen LogP contribution in [0.3, 0.4) is 0 Å². The molecule has 0 aromatic heterocycles. The molecular formula is C12H16BrF2NO2. The molecule has 0 atom stereocenters. The number of benzene rings is 1. The van der Waals surface area contributed by atoms with Crippen LogP contribution in [-0.4, -0.2) is 33.5 Å². The van der Waals surface area contributed by atoms with E-state index in [9.17, 15) is 8.78 Å². The number of hydrogen-bond acceptors (Lipinski definition) is 3. The Morgan fingerprint density at radius 1 is 1.17 bits per heavy atom. The molecule has 0 aliphatic heterocycles. The molecule has 0 amide bonds. The third-order valence-corrected chi connectivity index (χ3v) is 2.65. The Kier molecular flexibility index (Phi) is 7.15. The summed E-state index contributed by atoms with van der Waals surface area (Å²) in [5.74, 6) is -1.25. The molecule has 1 aromatic carbocycles. The fourth-order valence-corrected chi connectivity index (χ4v) is 1.77. The molecule has 0 saturated carbocycles. The van der Waals surface area contributed by atoms with Crippen LogP contribution in [0.5, 0.6) is 0 Å². The molecule has 18 heavy (non-hydrogen) atoms. The van der Waals surface area contributed by atoms with Crippen molar-refractivity contribution in [3.05, 3.63) is 28.2 Å². The highest BCUT2D eigenvalue weighted by Gasteiger charge is 2.09. The van der Waals surface area contributed by atoms with Gasteiger partial charge in [-0.2, -0.15) is 0 Å². The third kappa shape index (κ3) is 5.29. The van der Waals surface area contributed by atoms with Crippen LogP contribution in [0.4, 0.5) is 14.5 Å². The van der Waals surface area contributed by atoms with Crippen LogP contribution in [0, 0.1) is 11.6 Å². The maximum atomic E-state index is 13.4. The molecule has 6 heteroatoms. The van der Waals surface area contributed by atoms with Gasteiger partial charge in [0.05, 0.1) is 6.61 Å². The molecule has 0 aliphatic rings. The van der Waals surface area contributed by atoms with Crippen molar-refractivity contribution in [3.63, 3.8) is 0 Å². The zero-order valence-electron chi connectivity index (χ0n) is 10.1. The minimum absolute atomic E-state index is 0.126. The monoisotopic (exact) mass is 323 g/mol. The summed E-state index contributed by atoms with van der Waals surface area (Å²) in [6.07, 6.45) is 0.803. The number of halogens is 3. The predicted octanol–water partition coefficient (Wildman–Crippen LogP) is 3.19. The minimum Gasteiger partial charge on any atom is -0.385 e. The van der Waals surface area contributed by atoms with E-state index in [1.165, 1.54) is 12.1 Å². The molecule has 102 valence electrons. The first-order valence-corrected chi connectivity index (χ1v) is 6.39. The van der Waals surface area contributed by atoms with Gasteiger partial charge in [-0.15, -0.1) is 0 Å². The number of methoxy groups -OCH3 is 1. The minimum atomic E-state index is -0.624. The maximum absolute atomic E-state index is 13.4. The Balaban J connectivity index is 2.27. The van der Waals surface area contributed by atoms with E-state index >= 15 is 0 Å². The Morgan fingerprint density at radius 3 is 2.44 bits per heavy atom. The number of ether oxygens (including phenoxy) is 2. The molecule has 0 saturated heterocycles. The highest BCUT2D eigenvalue weighted by atomic mass is 79.9. The highest BCUT2D eigenvalue weighted by molar-refractivity contribution is 9.10. The maximum Gasteiger partial charge on any atom is 0.150 e.